The molecule has 0 aliphatic heterocycles. The van der Waals surface area contributed by atoms with Gasteiger partial charge in [0.1, 0.15) is 0 Å². The summed E-state index contributed by atoms with van der Waals surface area (Å²) in [6.07, 6.45) is 2.34. The second-order valence-corrected chi connectivity index (χ2v) is 2.47. The molecule has 1 aliphatic carbocycles. The van der Waals surface area contributed by atoms with Gasteiger partial charge in [0.05, 0.1) is 6.07 Å². The predicted molar refractivity (Wildman–Crippen MR) is 35.2 cm³/mol. The van der Waals surface area contributed by atoms with E-state index in [1.165, 1.54) is 12.8 Å². The van der Waals surface area contributed by atoms with Gasteiger partial charge in [0.2, 0.25) is 0 Å². The fourth-order valence-corrected chi connectivity index (χ4v) is 0.765. The lowest BCUT2D eigenvalue weighted by atomic mass is 10.2. The molecule has 1 rings (SSSR count). The number of nitriles is 1. The molecule has 48 valence electrons. The molecule has 0 saturated heterocycles. The molecule has 0 radical (unpaired) electrons. The summed E-state index contributed by atoms with van der Waals surface area (Å²) >= 11 is 0. The molecule has 2 heteroatoms. The Morgan fingerprint density at radius 1 is 1.67 bits per heavy atom. The smallest absolute Gasteiger partial charge is 0.0962 e. The average molecular weight is 122 g/mol. The van der Waals surface area contributed by atoms with Crippen molar-refractivity contribution in [3.63, 3.8) is 0 Å². The Morgan fingerprint density at radius 2 is 2.22 bits per heavy atom. The summed E-state index contributed by atoms with van der Waals surface area (Å²) in [7, 11) is 0. The van der Waals surface area contributed by atoms with E-state index in [0.29, 0.717) is 11.5 Å². The molecule has 0 aromatic rings. The highest BCUT2D eigenvalue weighted by Gasteiger charge is 2.25. The zero-order valence-corrected chi connectivity index (χ0v) is 5.52. The van der Waals surface area contributed by atoms with Crippen LogP contribution in [0.3, 0.4) is 0 Å². The van der Waals surface area contributed by atoms with E-state index in [1.807, 2.05) is 6.07 Å². The largest absolute Gasteiger partial charge is 0.401 e. The summed E-state index contributed by atoms with van der Waals surface area (Å²) in [5.41, 5.74) is 7.09. The number of nitrogens with two attached hydrogens (primary N) is 1. The highest BCUT2D eigenvalue weighted by molar-refractivity contribution is 5.27. The molecule has 0 bridgehead atoms. The number of hydrogen-bond donors (Lipinski definition) is 1. The van der Waals surface area contributed by atoms with Crippen molar-refractivity contribution in [2.75, 3.05) is 0 Å². The Balaban J connectivity index is 2.67. The fourth-order valence-electron chi connectivity index (χ4n) is 0.765. The van der Waals surface area contributed by atoms with Gasteiger partial charge in [0.25, 0.3) is 0 Å². The number of allylic oxidation sites excluding steroid dienone is 2. The molecule has 2 N–H and O–H groups in total. The molecule has 0 unspecified atom stereocenters. The minimum atomic E-state index is 0.532. The van der Waals surface area contributed by atoms with Crippen LogP contribution < -0.4 is 5.73 Å². The third kappa shape index (κ3) is 1.23. The summed E-state index contributed by atoms with van der Waals surface area (Å²) in [5, 5.41) is 8.39. The van der Waals surface area contributed by atoms with Gasteiger partial charge in [0, 0.05) is 11.3 Å². The Kier molecular flexibility index (Phi) is 1.44. The maximum Gasteiger partial charge on any atom is 0.0962 e. The zero-order valence-electron chi connectivity index (χ0n) is 5.52. The van der Waals surface area contributed by atoms with Gasteiger partial charge in [-0.1, -0.05) is 0 Å². The summed E-state index contributed by atoms with van der Waals surface area (Å²) in [6, 6.07) is 2.04. The molecule has 0 atom stereocenters. The first-order valence-corrected chi connectivity index (χ1v) is 3.12. The molecule has 0 heterocycles. The van der Waals surface area contributed by atoms with Gasteiger partial charge in [-0.15, -0.1) is 0 Å². The van der Waals surface area contributed by atoms with Gasteiger partial charge in [-0.2, -0.15) is 5.26 Å². The first-order chi connectivity index (χ1) is 4.25. The molecular weight excluding hydrogens is 112 g/mol. The lowest BCUT2D eigenvalue weighted by Crippen LogP contribution is -2.01. The minimum Gasteiger partial charge on any atom is -0.401 e. The van der Waals surface area contributed by atoms with Crippen LogP contribution in [0.15, 0.2) is 11.3 Å². The number of hydrogen-bond acceptors (Lipinski definition) is 2. The third-order valence-corrected chi connectivity index (χ3v) is 1.62. The van der Waals surface area contributed by atoms with Gasteiger partial charge in [0.15, 0.2) is 0 Å². The lowest BCUT2D eigenvalue weighted by Gasteiger charge is -1.95. The Bertz CT molecular complexity index is 182. The van der Waals surface area contributed by atoms with Crippen LogP contribution in [-0.2, 0) is 0 Å². The normalized spacial score (nSPS) is 20.4. The summed E-state index contributed by atoms with van der Waals surface area (Å²) in [4.78, 5) is 0. The molecule has 0 aromatic heterocycles. The molecular formula is C7H10N2. The first-order valence-electron chi connectivity index (χ1n) is 3.12. The molecule has 0 aromatic carbocycles. The van der Waals surface area contributed by atoms with E-state index in [4.69, 9.17) is 11.0 Å². The van der Waals surface area contributed by atoms with Gasteiger partial charge in [-0.3, -0.25) is 0 Å². The maximum absolute atomic E-state index is 8.39. The SMILES string of the molecule is C/C(C#N)=C(/N)C1CC1. The third-order valence-electron chi connectivity index (χ3n) is 1.62. The van der Waals surface area contributed by atoms with Crippen LogP contribution in [-0.4, -0.2) is 0 Å². The molecule has 1 aliphatic rings. The van der Waals surface area contributed by atoms with Crippen molar-refractivity contribution in [3.8, 4) is 6.07 Å². The van der Waals surface area contributed by atoms with Crippen molar-refractivity contribution in [2.24, 2.45) is 11.7 Å². The fraction of sp³-hybridized carbons (Fsp3) is 0.571. The van der Waals surface area contributed by atoms with E-state index in [0.717, 1.165) is 5.70 Å². The van der Waals surface area contributed by atoms with E-state index in [2.05, 4.69) is 0 Å². The predicted octanol–water partition coefficient (Wildman–Crippen LogP) is 1.15. The topological polar surface area (TPSA) is 49.8 Å². The second-order valence-electron chi connectivity index (χ2n) is 2.47. The van der Waals surface area contributed by atoms with Crippen molar-refractivity contribution >= 4 is 0 Å². The maximum atomic E-state index is 8.39. The molecule has 9 heavy (non-hydrogen) atoms. The van der Waals surface area contributed by atoms with E-state index in [-0.39, 0.29) is 0 Å². The van der Waals surface area contributed by atoms with Crippen molar-refractivity contribution in [2.45, 2.75) is 19.8 Å². The van der Waals surface area contributed by atoms with Crippen LogP contribution in [0, 0.1) is 17.2 Å². The van der Waals surface area contributed by atoms with Crippen LogP contribution in [0.5, 0.6) is 0 Å². The van der Waals surface area contributed by atoms with Crippen LogP contribution in [0.25, 0.3) is 0 Å². The summed E-state index contributed by atoms with van der Waals surface area (Å²) < 4.78 is 0. The Labute approximate surface area is 55.0 Å². The molecule has 0 amide bonds. The van der Waals surface area contributed by atoms with Crippen LogP contribution in [0.2, 0.25) is 0 Å². The molecule has 2 nitrogen and oxygen atoms in total. The van der Waals surface area contributed by atoms with Gasteiger partial charge in [-0.25, -0.2) is 0 Å². The molecule has 1 saturated carbocycles. The highest BCUT2D eigenvalue weighted by atomic mass is 14.6. The molecule has 0 spiro atoms. The minimum absolute atomic E-state index is 0.532. The number of nitrogens with zero attached hydrogens (tertiary/aromatic N) is 1. The van der Waals surface area contributed by atoms with Gasteiger partial charge < -0.3 is 5.73 Å². The summed E-state index contributed by atoms with van der Waals surface area (Å²) in [5.74, 6) is 0.532. The summed E-state index contributed by atoms with van der Waals surface area (Å²) in [6.45, 7) is 1.77. The van der Waals surface area contributed by atoms with E-state index in [9.17, 15) is 0 Å². The van der Waals surface area contributed by atoms with Crippen molar-refractivity contribution in [1.29, 1.82) is 5.26 Å². The van der Waals surface area contributed by atoms with E-state index in [1.54, 1.807) is 6.92 Å². The monoisotopic (exact) mass is 122 g/mol. The van der Waals surface area contributed by atoms with Gasteiger partial charge >= 0.3 is 0 Å². The van der Waals surface area contributed by atoms with E-state index >= 15 is 0 Å². The zero-order chi connectivity index (χ0) is 6.85. The van der Waals surface area contributed by atoms with Crippen molar-refractivity contribution in [1.82, 2.24) is 0 Å². The first kappa shape index (κ1) is 6.15. The number of rotatable bonds is 1. The quantitative estimate of drug-likeness (QED) is 0.530. The van der Waals surface area contributed by atoms with Gasteiger partial charge in [-0.05, 0) is 25.7 Å². The Morgan fingerprint density at radius 3 is 2.56 bits per heavy atom. The Hall–Kier alpha value is -0.970. The standard InChI is InChI=1S/C7H10N2/c1-5(4-8)7(9)6-2-3-6/h6H,2-3,9H2,1H3/b7-5-. The highest BCUT2D eigenvalue weighted by Crippen LogP contribution is 2.34. The lowest BCUT2D eigenvalue weighted by molar-refractivity contribution is 0.960. The second kappa shape index (κ2) is 2.10. The van der Waals surface area contributed by atoms with Crippen LogP contribution >= 0.6 is 0 Å². The van der Waals surface area contributed by atoms with Crippen LogP contribution in [0.4, 0.5) is 0 Å². The van der Waals surface area contributed by atoms with Crippen molar-refractivity contribution in [3.05, 3.63) is 11.3 Å². The van der Waals surface area contributed by atoms with Crippen LogP contribution in [0.1, 0.15) is 19.8 Å². The average Bonchev–Trinajstić information content (AvgIpc) is 2.66. The van der Waals surface area contributed by atoms with Crippen molar-refractivity contribution < 1.29 is 0 Å². The van der Waals surface area contributed by atoms with E-state index < -0.39 is 0 Å². The molecule has 1 fully saturated rings.